The summed E-state index contributed by atoms with van der Waals surface area (Å²) in [6.45, 7) is 12.1. The molecule has 0 spiro atoms. The highest BCUT2D eigenvalue weighted by Gasteiger charge is 2.34. The van der Waals surface area contributed by atoms with Gasteiger partial charge < -0.3 is 4.90 Å². The van der Waals surface area contributed by atoms with Gasteiger partial charge in [0, 0.05) is 48.6 Å². The zero-order valence-corrected chi connectivity index (χ0v) is 20.6. The summed E-state index contributed by atoms with van der Waals surface area (Å²) in [6.07, 6.45) is 3.90. The van der Waals surface area contributed by atoms with Crippen LogP contribution in [0.15, 0.2) is 24.3 Å². The SMILES string of the molecule is Cc1cccc(CCN2C(=O)CCc3c(C)nc([C@@H]4CCCN(C(=O)C(C)(C)C)C4)nc32)c1. The van der Waals surface area contributed by atoms with Crippen molar-refractivity contribution in [2.24, 2.45) is 5.41 Å². The maximum absolute atomic E-state index is 12.9. The molecule has 2 amide bonds. The van der Waals surface area contributed by atoms with Gasteiger partial charge in [-0.1, -0.05) is 50.6 Å². The molecule has 6 heteroatoms. The number of likely N-dealkylation sites (tertiary alicyclic amines) is 1. The van der Waals surface area contributed by atoms with Gasteiger partial charge in [-0.15, -0.1) is 0 Å². The minimum absolute atomic E-state index is 0.102. The lowest BCUT2D eigenvalue weighted by atomic mass is 9.90. The lowest BCUT2D eigenvalue weighted by Crippen LogP contribution is -2.45. The fourth-order valence-electron chi connectivity index (χ4n) is 4.97. The summed E-state index contributed by atoms with van der Waals surface area (Å²) in [5.74, 6) is 1.96. The molecule has 3 heterocycles. The zero-order chi connectivity index (χ0) is 23.8. The average Bonchev–Trinajstić information content (AvgIpc) is 2.77. The minimum Gasteiger partial charge on any atom is -0.342 e. The van der Waals surface area contributed by atoms with Crippen molar-refractivity contribution in [3.8, 4) is 0 Å². The van der Waals surface area contributed by atoms with E-state index in [1.165, 1.54) is 11.1 Å². The van der Waals surface area contributed by atoms with Crippen LogP contribution in [0.2, 0.25) is 0 Å². The summed E-state index contributed by atoms with van der Waals surface area (Å²) in [7, 11) is 0. The number of benzene rings is 1. The van der Waals surface area contributed by atoms with E-state index >= 15 is 0 Å². The number of amides is 2. The Balaban J connectivity index is 1.59. The number of anilines is 1. The first kappa shape index (κ1) is 23.4. The Morgan fingerprint density at radius 1 is 1.15 bits per heavy atom. The lowest BCUT2D eigenvalue weighted by molar-refractivity contribution is -0.140. The van der Waals surface area contributed by atoms with E-state index in [1.54, 1.807) is 0 Å². The van der Waals surface area contributed by atoms with Gasteiger partial charge >= 0.3 is 0 Å². The third-order valence-corrected chi connectivity index (χ3v) is 6.78. The van der Waals surface area contributed by atoms with Crippen LogP contribution in [-0.4, -0.2) is 46.3 Å². The van der Waals surface area contributed by atoms with Gasteiger partial charge in [0.1, 0.15) is 11.6 Å². The molecule has 0 bridgehead atoms. The summed E-state index contributed by atoms with van der Waals surface area (Å²) in [5, 5.41) is 0. The van der Waals surface area contributed by atoms with Crippen molar-refractivity contribution < 1.29 is 9.59 Å². The molecule has 33 heavy (non-hydrogen) atoms. The molecule has 6 nitrogen and oxygen atoms in total. The highest BCUT2D eigenvalue weighted by molar-refractivity contribution is 5.95. The van der Waals surface area contributed by atoms with Crippen molar-refractivity contribution in [1.82, 2.24) is 14.9 Å². The van der Waals surface area contributed by atoms with E-state index in [1.807, 2.05) is 37.5 Å². The Hall–Kier alpha value is -2.76. The molecule has 176 valence electrons. The minimum atomic E-state index is -0.395. The van der Waals surface area contributed by atoms with Crippen LogP contribution < -0.4 is 4.90 Å². The van der Waals surface area contributed by atoms with Gasteiger partial charge in [-0.2, -0.15) is 0 Å². The molecule has 2 aromatic rings. The molecule has 4 rings (SSSR count). The van der Waals surface area contributed by atoms with Gasteiger partial charge in [-0.3, -0.25) is 14.5 Å². The fourth-order valence-corrected chi connectivity index (χ4v) is 4.97. The predicted molar refractivity (Wildman–Crippen MR) is 130 cm³/mol. The molecule has 1 aromatic heterocycles. The number of fused-ring (bicyclic) bond motifs is 1. The van der Waals surface area contributed by atoms with Crippen molar-refractivity contribution in [2.45, 2.75) is 72.6 Å². The van der Waals surface area contributed by atoms with Gasteiger partial charge in [0.05, 0.1) is 0 Å². The Kier molecular flexibility index (Phi) is 6.55. The predicted octanol–water partition coefficient (Wildman–Crippen LogP) is 4.37. The second-order valence-electron chi connectivity index (χ2n) is 10.6. The number of hydrogen-bond acceptors (Lipinski definition) is 4. The normalized spacial score (nSPS) is 18.9. The third-order valence-electron chi connectivity index (χ3n) is 6.78. The first-order chi connectivity index (χ1) is 15.6. The maximum Gasteiger partial charge on any atom is 0.228 e. The largest absolute Gasteiger partial charge is 0.342 e. The quantitative estimate of drug-likeness (QED) is 0.697. The molecule has 2 aliphatic heterocycles. The van der Waals surface area contributed by atoms with Gasteiger partial charge in [-0.05, 0) is 45.1 Å². The molecule has 0 radical (unpaired) electrons. The summed E-state index contributed by atoms with van der Waals surface area (Å²) < 4.78 is 0. The number of nitrogens with zero attached hydrogens (tertiary/aromatic N) is 4. The van der Waals surface area contributed by atoms with E-state index in [0.29, 0.717) is 25.9 Å². The molecule has 1 atom stereocenters. The molecule has 2 aliphatic rings. The Bertz CT molecular complexity index is 1060. The van der Waals surface area contributed by atoms with Gasteiger partial charge in [-0.25, -0.2) is 9.97 Å². The number of piperidine rings is 1. The second-order valence-corrected chi connectivity index (χ2v) is 10.6. The van der Waals surface area contributed by atoms with Crippen LogP contribution in [0.3, 0.4) is 0 Å². The van der Waals surface area contributed by atoms with Crippen LogP contribution in [0.25, 0.3) is 0 Å². The first-order valence-corrected chi connectivity index (χ1v) is 12.2. The van der Waals surface area contributed by atoms with Gasteiger partial charge in [0.25, 0.3) is 0 Å². The molecule has 1 aromatic carbocycles. The maximum atomic E-state index is 12.9. The van der Waals surface area contributed by atoms with E-state index in [4.69, 9.17) is 9.97 Å². The topological polar surface area (TPSA) is 66.4 Å². The van der Waals surface area contributed by atoms with Gasteiger partial charge in [0.15, 0.2) is 0 Å². The van der Waals surface area contributed by atoms with E-state index < -0.39 is 5.41 Å². The fraction of sp³-hybridized carbons (Fsp3) is 0.556. The lowest BCUT2D eigenvalue weighted by Gasteiger charge is -2.36. The first-order valence-electron chi connectivity index (χ1n) is 12.2. The van der Waals surface area contributed by atoms with Crippen molar-refractivity contribution in [3.63, 3.8) is 0 Å². The number of carbonyl (C=O) groups excluding carboxylic acids is 2. The standard InChI is InChI=1S/C27H36N4O2/c1-18-8-6-9-20(16-18)13-15-31-23(32)12-11-22-19(2)28-24(29-25(22)31)21-10-7-14-30(17-21)26(33)27(3,4)5/h6,8-9,16,21H,7,10-15,17H2,1-5H3/t21-/m1/s1. The zero-order valence-electron chi connectivity index (χ0n) is 20.6. The van der Waals surface area contributed by atoms with Crippen molar-refractivity contribution >= 4 is 17.6 Å². The number of carbonyl (C=O) groups is 2. The van der Waals surface area contributed by atoms with Gasteiger partial charge in [0.2, 0.25) is 11.8 Å². The van der Waals surface area contributed by atoms with E-state index in [9.17, 15) is 9.59 Å². The summed E-state index contributed by atoms with van der Waals surface area (Å²) in [6, 6.07) is 8.44. The molecule has 1 saturated heterocycles. The Morgan fingerprint density at radius 3 is 2.67 bits per heavy atom. The number of aryl methyl sites for hydroxylation is 2. The van der Waals surface area contributed by atoms with Crippen LogP contribution in [-0.2, 0) is 22.4 Å². The summed E-state index contributed by atoms with van der Waals surface area (Å²) in [5.41, 5.74) is 4.10. The number of hydrogen-bond donors (Lipinski definition) is 0. The van der Waals surface area contributed by atoms with Crippen molar-refractivity contribution in [3.05, 3.63) is 52.5 Å². The molecule has 0 unspecified atom stereocenters. The van der Waals surface area contributed by atoms with E-state index in [-0.39, 0.29) is 17.7 Å². The molecule has 1 fully saturated rings. The Labute approximate surface area is 197 Å². The van der Waals surface area contributed by atoms with E-state index in [0.717, 1.165) is 48.7 Å². The van der Waals surface area contributed by atoms with Crippen LogP contribution in [0, 0.1) is 19.3 Å². The van der Waals surface area contributed by atoms with Crippen LogP contribution in [0.5, 0.6) is 0 Å². The van der Waals surface area contributed by atoms with Crippen LogP contribution >= 0.6 is 0 Å². The van der Waals surface area contributed by atoms with Crippen molar-refractivity contribution in [2.75, 3.05) is 24.5 Å². The number of aromatic nitrogens is 2. The Morgan fingerprint density at radius 2 is 1.94 bits per heavy atom. The van der Waals surface area contributed by atoms with Crippen molar-refractivity contribution in [1.29, 1.82) is 0 Å². The monoisotopic (exact) mass is 448 g/mol. The van der Waals surface area contributed by atoms with E-state index in [2.05, 4.69) is 31.2 Å². The molecular weight excluding hydrogens is 412 g/mol. The highest BCUT2D eigenvalue weighted by Crippen LogP contribution is 2.33. The molecule has 0 N–H and O–H groups in total. The van der Waals surface area contributed by atoms with Crippen LogP contribution in [0.4, 0.5) is 5.82 Å². The molecule has 0 saturated carbocycles. The summed E-state index contributed by atoms with van der Waals surface area (Å²) in [4.78, 5) is 39.4. The molecular formula is C27H36N4O2. The smallest absolute Gasteiger partial charge is 0.228 e. The summed E-state index contributed by atoms with van der Waals surface area (Å²) >= 11 is 0. The third kappa shape index (κ3) is 5.10. The highest BCUT2D eigenvalue weighted by atomic mass is 16.2. The van der Waals surface area contributed by atoms with Crippen LogP contribution in [0.1, 0.15) is 74.2 Å². The second kappa shape index (κ2) is 9.24. The average molecular weight is 449 g/mol. The number of rotatable bonds is 4. The molecule has 0 aliphatic carbocycles.